The minimum Gasteiger partial charge on any atom is -0.397 e. The normalized spacial score (nSPS) is 6.64. The molecule has 0 saturated carbocycles. The van der Waals surface area contributed by atoms with Crippen LogP contribution in [0.15, 0.2) is 12.7 Å². The van der Waals surface area contributed by atoms with Gasteiger partial charge in [-0.05, 0) is 13.8 Å². The van der Waals surface area contributed by atoms with E-state index in [1.165, 1.54) is 0 Å². The number of aliphatic hydroxyl groups excluding tert-OH is 2. The zero-order valence-electron chi connectivity index (χ0n) is 7.71. The molecule has 0 aliphatic rings. The smallest absolute Gasteiger partial charge is 0.0693 e. The first-order valence-electron chi connectivity index (χ1n) is 3.52. The second-order valence-corrected chi connectivity index (χ2v) is 1.44. The predicted octanol–water partition coefficient (Wildman–Crippen LogP) is 0.816. The van der Waals surface area contributed by atoms with Crippen LogP contribution in [0.25, 0.3) is 0 Å². The van der Waals surface area contributed by atoms with Crippen molar-refractivity contribution in [2.75, 3.05) is 26.9 Å². The van der Waals surface area contributed by atoms with Gasteiger partial charge in [0.1, 0.15) is 0 Å². The van der Waals surface area contributed by atoms with E-state index in [2.05, 4.69) is 11.3 Å². The van der Waals surface area contributed by atoms with Gasteiger partial charge >= 0.3 is 0 Å². The highest BCUT2D eigenvalue weighted by Gasteiger charge is 1.67. The van der Waals surface area contributed by atoms with Crippen molar-refractivity contribution in [3.8, 4) is 0 Å². The largest absolute Gasteiger partial charge is 0.397 e. The van der Waals surface area contributed by atoms with Gasteiger partial charge in [-0.1, -0.05) is 6.08 Å². The van der Waals surface area contributed by atoms with Crippen LogP contribution >= 0.6 is 0 Å². The van der Waals surface area contributed by atoms with E-state index in [9.17, 15) is 0 Å². The van der Waals surface area contributed by atoms with Crippen molar-refractivity contribution in [3.05, 3.63) is 12.7 Å². The lowest BCUT2D eigenvalue weighted by molar-refractivity contribution is 0.135. The monoisotopic (exact) mass is 164 g/mol. The van der Waals surface area contributed by atoms with Gasteiger partial charge in [0.2, 0.25) is 0 Å². The summed E-state index contributed by atoms with van der Waals surface area (Å²) in [7, 11) is 1.55. The Morgan fingerprint density at radius 2 is 1.73 bits per heavy atom. The van der Waals surface area contributed by atoms with E-state index in [0.717, 1.165) is 0 Å². The summed E-state index contributed by atoms with van der Waals surface area (Å²) in [5.74, 6) is 0. The van der Waals surface area contributed by atoms with Crippen LogP contribution in [0, 0.1) is 0 Å². The minimum atomic E-state index is 0.122. The van der Waals surface area contributed by atoms with Crippen LogP contribution in [-0.4, -0.2) is 37.1 Å². The van der Waals surface area contributed by atoms with Crippen molar-refractivity contribution in [1.29, 1.82) is 0 Å². The molecule has 2 N–H and O–H groups in total. The highest BCUT2D eigenvalue weighted by Crippen LogP contribution is 1.56. The summed E-state index contributed by atoms with van der Waals surface area (Å²) in [6.45, 7) is 7.75. The van der Waals surface area contributed by atoms with Crippen molar-refractivity contribution in [1.82, 2.24) is 0 Å². The molecule has 3 nitrogen and oxygen atoms in total. The fourth-order valence-corrected chi connectivity index (χ4v) is 0.0913. The molecule has 0 aromatic rings. The minimum absolute atomic E-state index is 0.122. The molecule has 0 rings (SSSR count). The Hall–Kier alpha value is -0.380. The highest BCUT2D eigenvalue weighted by atomic mass is 16.5. The van der Waals surface area contributed by atoms with Crippen LogP contribution in [0.3, 0.4) is 0 Å². The second kappa shape index (κ2) is 33.5. The maximum atomic E-state index is 7.94. The van der Waals surface area contributed by atoms with E-state index >= 15 is 0 Å². The molecule has 3 heteroatoms. The van der Waals surface area contributed by atoms with E-state index in [-0.39, 0.29) is 13.2 Å². The average molecular weight is 164 g/mol. The van der Waals surface area contributed by atoms with Crippen LogP contribution in [0.5, 0.6) is 0 Å². The first-order chi connectivity index (χ1) is 5.24. The summed E-state index contributed by atoms with van der Waals surface area (Å²) in [6.07, 6.45) is 1.75. The highest BCUT2D eigenvalue weighted by molar-refractivity contribution is 4.51. The standard InChI is InChI=1S/C3H8O2.C3H6.C2H6O/c1-5-3-2-4;1-3-2;1-2-3/h4H,2-3H2,1H3;3H,1H2,2H3;3H,2H2,1H3. The number of hydrogen-bond acceptors (Lipinski definition) is 3. The number of hydrogen-bond donors (Lipinski definition) is 2. The van der Waals surface area contributed by atoms with E-state index in [4.69, 9.17) is 10.2 Å². The third-order valence-electron chi connectivity index (χ3n) is 0.295. The van der Waals surface area contributed by atoms with Gasteiger partial charge in [-0.15, -0.1) is 6.58 Å². The number of rotatable bonds is 2. The van der Waals surface area contributed by atoms with Crippen molar-refractivity contribution >= 4 is 0 Å². The summed E-state index contributed by atoms with van der Waals surface area (Å²) in [4.78, 5) is 0. The predicted molar refractivity (Wildman–Crippen MR) is 47.6 cm³/mol. The Labute approximate surface area is 69.3 Å². The SMILES string of the molecule is C=CC.CCO.COCCO. The number of aliphatic hydroxyl groups is 2. The van der Waals surface area contributed by atoms with Gasteiger partial charge in [0.15, 0.2) is 0 Å². The molecular weight excluding hydrogens is 144 g/mol. The van der Waals surface area contributed by atoms with E-state index in [1.54, 1.807) is 20.1 Å². The molecule has 0 heterocycles. The van der Waals surface area contributed by atoms with Gasteiger partial charge in [-0.25, -0.2) is 0 Å². The van der Waals surface area contributed by atoms with Crippen LogP contribution in [0.1, 0.15) is 13.8 Å². The average Bonchev–Trinajstić information content (AvgIpc) is 1.92. The fraction of sp³-hybridized carbons (Fsp3) is 0.750. The fourth-order valence-electron chi connectivity index (χ4n) is 0.0913. The molecule has 0 atom stereocenters. The zero-order chi connectivity index (χ0) is 9.54. The maximum Gasteiger partial charge on any atom is 0.0693 e. The molecule has 0 amide bonds. The molecule has 0 aromatic carbocycles. The first-order valence-corrected chi connectivity index (χ1v) is 3.52. The van der Waals surface area contributed by atoms with Gasteiger partial charge in [-0.2, -0.15) is 0 Å². The molecule has 0 saturated heterocycles. The molecule has 0 aliphatic carbocycles. The molecule has 0 radical (unpaired) electrons. The lowest BCUT2D eigenvalue weighted by atomic mass is 10.8. The molecule has 70 valence electrons. The number of allylic oxidation sites excluding steroid dienone is 1. The Bertz CT molecular complexity index is 44.6. The van der Waals surface area contributed by atoms with Crippen LogP contribution in [0.4, 0.5) is 0 Å². The molecule has 0 spiro atoms. The molecular formula is C8H20O3. The van der Waals surface area contributed by atoms with E-state index in [1.807, 2.05) is 6.92 Å². The van der Waals surface area contributed by atoms with Crippen molar-refractivity contribution in [2.24, 2.45) is 0 Å². The van der Waals surface area contributed by atoms with Crippen molar-refractivity contribution in [2.45, 2.75) is 13.8 Å². The Morgan fingerprint density at radius 1 is 1.45 bits per heavy atom. The number of methoxy groups -OCH3 is 1. The number of ether oxygens (including phenoxy) is 1. The summed E-state index contributed by atoms with van der Waals surface area (Å²) in [5, 5.41) is 15.5. The van der Waals surface area contributed by atoms with Crippen molar-refractivity contribution < 1.29 is 14.9 Å². The van der Waals surface area contributed by atoms with Gasteiger partial charge < -0.3 is 14.9 Å². The lowest BCUT2D eigenvalue weighted by Gasteiger charge is -1.84. The summed E-state index contributed by atoms with van der Waals surface area (Å²) in [6, 6.07) is 0. The molecule has 0 aliphatic heterocycles. The molecule has 0 unspecified atom stereocenters. The zero-order valence-corrected chi connectivity index (χ0v) is 7.71. The van der Waals surface area contributed by atoms with E-state index in [0.29, 0.717) is 6.61 Å². The summed E-state index contributed by atoms with van der Waals surface area (Å²) < 4.78 is 4.44. The Morgan fingerprint density at radius 3 is 1.73 bits per heavy atom. The first kappa shape index (κ1) is 16.9. The molecule has 0 aromatic heterocycles. The Kier molecular flexibility index (Phi) is 51.5. The van der Waals surface area contributed by atoms with Crippen LogP contribution in [0.2, 0.25) is 0 Å². The third kappa shape index (κ3) is 213. The third-order valence-corrected chi connectivity index (χ3v) is 0.295. The summed E-state index contributed by atoms with van der Waals surface area (Å²) in [5.41, 5.74) is 0. The lowest BCUT2D eigenvalue weighted by Crippen LogP contribution is -1.91. The molecule has 0 fully saturated rings. The van der Waals surface area contributed by atoms with Crippen molar-refractivity contribution in [3.63, 3.8) is 0 Å². The molecule has 11 heavy (non-hydrogen) atoms. The second-order valence-electron chi connectivity index (χ2n) is 1.44. The topological polar surface area (TPSA) is 49.7 Å². The van der Waals surface area contributed by atoms with E-state index < -0.39 is 0 Å². The van der Waals surface area contributed by atoms with Gasteiger partial charge in [0.25, 0.3) is 0 Å². The van der Waals surface area contributed by atoms with Gasteiger partial charge in [0.05, 0.1) is 13.2 Å². The quantitative estimate of drug-likeness (QED) is 0.594. The van der Waals surface area contributed by atoms with Crippen LogP contribution < -0.4 is 0 Å². The van der Waals surface area contributed by atoms with Gasteiger partial charge in [-0.3, -0.25) is 0 Å². The summed E-state index contributed by atoms with van der Waals surface area (Å²) >= 11 is 0. The maximum absolute atomic E-state index is 7.94. The van der Waals surface area contributed by atoms with Crippen LogP contribution in [-0.2, 0) is 4.74 Å². The Balaban J connectivity index is -0.0000000933. The van der Waals surface area contributed by atoms with Gasteiger partial charge in [0, 0.05) is 13.7 Å². The molecule has 0 bridgehead atoms.